The fourth-order valence-corrected chi connectivity index (χ4v) is 4.46. The second kappa shape index (κ2) is 6.96. The van der Waals surface area contributed by atoms with Crippen LogP contribution in [0.4, 0.5) is 8.78 Å². The Kier molecular flexibility index (Phi) is 4.34. The van der Waals surface area contributed by atoms with E-state index in [1.807, 2.05) is 0 Å². The highest BCUT2D eigenvalue weighted by Crippen LogP contribution is 2.49. The highest BCUT2D eigenvalue weighted by Gasteiger charge is 2.45. The number of hydrogen-bond donors (Lipinski definition) is 0. The first-order valence-electron chi connectivity index (χ1n) is 9.39. The van der Waals surface area contributed by atoms with Gasteiger partial charge in [0.2, 0.25) is 11.6 Å². The standard InChI is InChI=1S/C22H14F2N4O2S/c1-28-10-15(19-13(21(28)29)2-5-31-19)14-6-12(22(11-25)3-4-22)7-27-20(14)30-18-16(23)8-26-9-17(18)24/h2,5-10H,3-4H2,1H3. The van der Waals surface area contributed by atoms with Crippen LogP contribution >= 0.6 is 11.3 Å². The summed E-state index contributed by atoms with van der Waals surface area (Å²) in [5.74, 6) is -2.58. The number of halogens is 2. The first-order chi connectivity index (χ1) is 14.9. The van der Waals surface area contributed by atoms with E-state index in [1.54, 1.807) is 30.8 Å². The van der Waals surface area contributed by atoms with Gasteiger partial charge in [-0.2, -0.15) is 5.26 Å². The van der Waals surface area contributed by atoms with Gasteiger partial charge in [0.25, 0.3) is 5.56 Å². The lowest BCUT2D eigenvalue weighted by molar-refractivity contribution is 0.393. The van der Waals surface area contributed by atoms with Crippen molar-refractivity contribution < 1.29 is 13.5 Å². The molecule has 4 aromatic heterocycles. The van der Waals surface area contributed by atoms with Crippen LogP contribution in [-0.2, 0) is 12.5 Å². The van der Waals surface area contributed by atoms with Gasteiger partial charge in [-0.05, 0) is 35.9 Å². The van der Waals surface area contributed by atoms with Gasteiger partial charge in [-0.25, -0.2) is 13.8 Å². The van der Waals surface area contributed by atoms with Crippen molar-refractivity contribution in [3.8, 4) is 28.8 Å². The van der Waals surface area contributed by atoms with Crippen LogP contribution in [0.1, 0.15) is 18.4 Å². The van der Waals surface area contributed by atoms with E-state index in [2.05, 4.69) is 16.0 Å². The topological polar surface area (TPSA) is 80.8 Å². The molecule has 0 aliphatic heterocycles. The number of nitrogens with zero attached hydrogens (tertiary/aromatic N) is 4. The molecule has 9 heteroatoms. The van der Waals surface area contributed by atoms with Crippen LogP contribution in [0, 0.1) is 23.0 Å². The van der Waals surface area contributed by atoms with Crippen molar-refractivity contribution in [3.63, 3.8) is 0 Å². The average molecular weight is 436 g/mol. The van der Waals surface area contributed by atoms with Crippen molar-refractivity contribution in [1.82, 2.24) is 14.5 Å². The number of fused-ring (bicyclic) bond motifs is 1. The summed E-state index contributed by atoms with van der Waals surface area (Å²) in [6.07, 6.45) is 6.26. The molecule has 0 radical (unpaired) electrons. The maximum absolute atomic E-state index is 14.2. The molecule has 0 atom stereocenters. The minimum absolute atomic E-state index is 0.0326. The largest absolute Gasteiger partial charge is 0.432 e. The Morgan fingerprint density at radius 1 is 1.23 bits per heavy atom. The molecule has 1 saturated carbocycles. The fourth-order valence-electron chi connectivity index (χ4n) is 3.55. The minimum Gasteiger partial charge on any atom is -0.432 e. The molecular formula is C22H14F2N4O2S. The molecule has 6 nitrogen and oxygen atoms in total. The number of aryl methyl sites for hydroxylation is 1. The molecule has 5 rings (SSSR count). The summed E-state index contributed by atoms with van der Waals surface area (Å²) in [6, 6.07) is 5.81. The molecule has 4 heterocycles. The lowest BCUT2D eigenvalue weighted by atomic mass is 9.96. The Bertz CT molecular complexity index is 1430. The van der Waals surface area contributed by atoms with Gasteiger partial charge in [-0.15, -0.1) is 11.3 Å². The monoisotopic (exact) mass is 436 g/mol. The molecule has 0 saturated heterocycles. The van der Waals surface area contributed by atoms with Crippen molar-refractivity contribution in [2.75, 3.05) is 0 Å². The van der Waals surface area contributed by atoms with Gasteiger partial charge < -0.3 is 9.30 Å². The third kappa shape index (κ3) is 3.07. The predicted octanol–water partition coefficient (Wildman–Crippen LogP) is 4.68. The van der Waals surface area contributed by atoms with Crippen molar-refractivity contribution in [3.05, 3.63) is 69.9 Å². The molecule has 0 unspecified atom stereocenters. The van der Waals surface area contributed by atoms with Crippen LogP contribution in [0.2, 0.25) is 0 Å². The number of rotatable bonds is 4. The summed E-state index contributed by atoms with van der Waals surface area (Å²) < 4.78 is 36.1. The highest BCUT2D eigenvalue weighted by molar-refractivity contribution is 7.17. The van der Waals surface area contributed by atoms with Crippen LogP contribution in [0.5, 0.6) is 11.6 Å². The molecular weight excluding hydrogens is 422 g/mol. The Balaban J connectivity index is 1.76. The minimum atomic E-state index is -0.964. The SMILES string of the molecule is Cn1cc(-c2cc(C3(C#N)CC3)cnc2Oc2c(F)cncc2F)c2sccc2c1=O. The molecule has 0 aromatic carbocycles. The third-order valence-electron chi connectivity index (χ3n) is 5.45. The maximum atomic E-state index is 14.2. The fraction of sp³-hybridized carbons (Fsp3) is 0.182. The second-order valence-electron chi connectivity index (χ2n) is 7.43. The summed E-state index contributed by atoms with van der Waals surface area (Å²) >= 11 is 1.37. The molecule has 154 valence electrons. The van der Waals surface area contributed by atoms with Crippen LogP contribution in [0.3, 0.4) is 0 Å². The van der Waals surface area contributed by atoms with Crippen molar-refractivity contribution in [1.29, 1.82) is 5.26 Å². The zero-order valence-electron chi connectivity index (χ0n) is 16.2. The van der Waals surface area contributed by atoms with Crippen molar-refractivity contribution in [2.45, 2.75) is 18.3 Å². The van der Waals surface area contributed by atoms with E-state index in [9.17, 15) is 18.8 Å². The lowest BCUT2D eigenvalue weighted by Crippen LogP contribution is -2.15. The van der Waals surface area contributed by atoms with Gasteiger partial charge in [-0.3, -0.25) is 9.78 Å². The third-order valence-corrected chi connectivity index (χ3v) is 6.40. The Hall–Kier alpha value is -3.64. The van der Waals surface area contributed by atoms with E-state index >= 15 is 0 Å². The van der Waals surface area contributed by atoms with E-state index in [0.29, 0.717) is 39.6 Å². The molecule has 0 amide bonds. The molecule has 0 bridgehead atoms. The molecule has 0 N–H and O–H groups in total. The molecule has 0 spiro atoms. The van der Waals surface area contributed by atoms with Gasteiger partial charge in [0.1, 0.15) is 0 Å². The van der Waals surface area contributed by atoms with E-state index in [4.69, 9.17) is 4.74 Å². The number of nitriles is 1. The van der Waals surface area contributed by atoms with Gasteiger partial charge in [0, 0.05) is 35.3 Å². The smallest absolute Gasteiger partial charge is 0.259 e. The quantitative estimate of drug-likeness (QED) is 0.464. The normalized spacial score (nSPS) is 14.4. The number of hydrogen-bond acceptors (Lipinski definition) is 6. The van der Waals surface area contributed by atoms with E-state index in [0.717, 1.165) is 12.4 Å². The van der Waals surface area contributed by atoms with E-state index < -0.39 is 22.8 Å². The Morgan fingerprint density at radius 3 is 2.65 bits per heavy atom. The highest BCUT2D eigenvalue weighted by atomic mass is 32.1. The van der Waals surface area contributed by atoms with E-state index in [-0.39, 0.29) is 11.4 Å². The molecule has 1 aliphatic rings. The lowest BCUT2D eigenvalue weighted by Gasteiger charge is -2.15. The summed E-state index contributed by atoms with van der Waals surface area (Å²) in [4.78, 5) is 20.3. The summed E-state index contributed by atoms with van der Waals surface area (Å²) in [6.45, 7) is 0. The van der Waals surface area contributed by atoms with Crippen LogP contribution in [0.25, 0.3) is 21.2 Å². The number of aromatic nitrogens is 3. The van der Waals surface area contributed by atoms with Crippen LogP contribution in [-0.4, -0.2) is 14.5 Å². The number of ether oxygens (including phenoxy) is 1. The molecule has 1 aliphatic carbocycles. The van der Waals surface area contributed by atoms with Crippen molar-refractivity contribution in [2.24, 2.45) is 7.05 Å². The maximum Gasteiger partial charge on any atom is 0.259 e. The zero-order chi connectivity index (χ0) is 21.8. The summed E-state index contributed by atoms with van der Waals surface area (Å²) in [7, 11) is 1.63. The summed E-state index contributed by atoms with van der Waals surface area (Å²) in [5.41, 5.74) is 0.987. The predicted molar refractivity (Wildman–Crippen MR) is 111 cm³/mol. The second-order valence-corrected chi connectivity index (χ2v) is 8.34. The van der Waals surface area contributed by atoms with Gasteiger partial charge in [0.15, 0.2) is 11.6 Å². The number of thiophene rings is 1. The van der Waals surface area contributed by atoms with Gasteiger partial charge in [0.05, 0.1) is 29.3 Å². The first-order valence-corrected chi connectivity index (χ1v) is 10.3. The zero-order valence-corrected chi connectivity index (χ0v) is 17.0. The van der Waals surface area contributed by atoms with Gasteiger partial charge >= 0.3 is 0 Å². The Labute approximate surface area is 179 Å². The average Bonchev–Trinajstić information content (AvgIpc) is 3.41. The Morgan fingerprint density at radius 2 is 1.97 bits per heavy atom. The van der Waals surface area contributed by atoms with Crippen LogP contribution in [0.15, 0.2) is 47.1 Å². The van der Waals surface area contributed by atoms with Crippen molar-refractivity contribution >= 4 is 21.4 Å². The molecule has 31 heavy (non-hydrogen) atoms. The number of pyridine rings is 3. The molecule has 1 fully saturated rings. The van der Waals surface area contributed by atoms with Crippen LogP contribution < -0.4 is 10.3 Å². The van der Waals surface area contributed by atoms with Gasteiger partial charge in [-0.1, -0.05) is 0 Å². The molecule has 4 aromatic rings. The first kappa shape index (κ1) is 19.3. The summed E-state index contributed by atoms with van der Waals surface area (Å²) in [5, 5.41) is 11.9. The van der Waals surface area contributed by atoms with E-state index in [1.165, 1.54) is 22.1 Å².